The molecule has 2 rings (SSSR count). The van der Waals surface area contributed by atoms with Crippen LogP contribution < -0.4 is 15.2 Å². The van der Waals surface area contributed by atoms with E-state index >= 15 is 0 Å². The number of hydrogen-bond acceptors (Lipinski definition) is 5. The second kappa shape index (κ2) is 5.39. The van der Waals surface area contributed by atoms with Crippen molar-refractivity contribution < 1.29 is 9.47 Å². The molecule has 0 spiro atoms. The highest BCUT2D eigenvalue weighted by molar-refractivity contribution is 5.43. The van der Waals surface area contributed by atoms with E-state index in [1.165, 1.54) is 0 Å². The average Bonchev–Trinajstić information content (AvgIpc) is 2.81. The number of nitrogens with one attached hydrogen (secondary N) is 1. The molecule has 0 aliphatic heterocycles. The summed E-state index contributed by atoms with van der Waals surface area (Å²) in [5.74, 6) is 2.51. The topological polar surface area (TPSA) is 86.0 Å². The van der Waals surface area contributed by atoms with Gasteiger partial charge in [0.2, 0.25) is 5.95 Å². The van der Waals surface area contributed by atoms with Crippen LogP contribution in [0.2, 0.25) is 0 Å². The Labute approximate surface area is 105 Å². The van der Waals surface area contributed by atoms with Gasteiger partial charge in [-0.05, 0) is 24.1 Å². The van der Waals surface area contributed by atoms with Gasteiger partial charge in [-0.15, -0.1) is 5.10 Å². The fourth-order valence-corrected chi connectivity index (χ4v) is 1.72. The molecular formula is C12H16N4O2. The normalized spacial score (nSPS) is 10.3. The van der Waals surface area contributed by atoms with E-state index in [2.05, 4.69) is 15.2 Å². The Balaban J connectivity index is 2.05. The monoisotopic (exact) mass is 248 g/mol. The summed E-state index contributed by atoms with van der Waals surface area (Å²) in [6.07, 6.45) is 1.58. The van der Waals surface area contributed by atoms with Gasteiger partial charge in [0.15, 0.2) is 11.5 Å². The molecule has 0 bridgehead atoms. The molecule has 6 nitrogen and oxygen atoms in total. The third kappa shape index (κ3) is 2.71. The van der Waals surface area contributed by atoms with Crippen molar-refractivity contribution in [3.63, 3.8) is 0 Å². The van der Waals surface area contributed by atoms with Crippen LogP contribution in [0.25, 0.3) is 0 Å². The minimum absolute atomic E-state index is 0.275. The number of nitrogen functional groups attached to an aromatic ring is 1. The lowest BCUT2D eigenvalue weighted by atomic mass is 10.1. The number of aromatic amines is 1. The molecule has 96 valence electrons. The van der Waals surface area contributed by atoms with Gasteiger partial charge >= 0.3 is 0 Å². The average molecular weight is 248 g/mol. The minimum Gasteiger partial charge on any atom is -0.493 e. The Bertz CT molecular complexity index is 525. The van der Waals surface area contributed by atoms with Crippen molar-refractivity contribution in [1.82, 2.24) is 15.2 Å². The molecule has 0 saturated carbocycles. The number of anilines is 1. The van der Waals surface area contributed by atoms with Crippen molar-refractivity contribution in [2.75, 3.05) is 20.0 Å². The van der Waals surface area contributed by atoms with E-state index in [1.54, 1.807) is 14.2 Å². The van der Waals surface area contributed by atoms with Crippen LogP contribution in [0.1, 0.15) is 11.4 Å². The van der Waals surface area contributed by atoms with Gasteiger partial charge in [0.05, 0.1) is 14.2 Å². The maximum Gasteiger partial charge on any atom is 0.239 e. The maximum absolute atomic E-state index is 5.44. The van der Waals surface area contributed by atoms with Gasteiger partial charge in [0.25, 0.3) is 0 Å². The van der Waals surface area contributed by atoms with Crippen molar-refractivity contribution in [2.45, 2.75) is 12.8 Å². The third-order valence-corrected chi connectivity index (χ3v) is 2.65. The zero-order chi connectivity index (χ0) is 13.0. The van der Waals surface area contributed by atoms with Crippen LogP contribution >= 0.6 is 0 Å². The fraction of sp³-hybridized carbons (Fsp3) is 0.333. The van der Waals surface area contributed by atoms with Crippen LogP contribution in [0, 0.1) is 0 Å². The van der Waals surface area contributed by atoms with Crippen molar-refractivity contribution in [3.8, 4) is 11.5 Å². The number of H-pyrrole nitrogens is 1. The molecule has 0 aliphatic carbocycles. The fourth-order valence-electron chi connectivity index (χ4n) is 1.72. The van der Waals surface area contributed by atoms with Crippen molar-refractivity contribution in [2.24, 2.45) is 0 Å². The van der Waals surface area contributed by atoms with E-state index in [0.29, 0.717) is 0 Å². The summed E-state index contributed by atoms with van der Waals surface area (Å²) < 4.78 is 10.4. The Kier molecular flexibility index (Phi) is 3.66. The molecule has 2 aromatic rings. The molecular weight excluding hydrogens is 232 g/mol. The first-order valence-corrected chi connectivity index (χ1v) is 5.60. The van der Waals surface area contributed by atoms with Crippen LogP contribution in [0.3, 0.4) is 0 Å². The Morgan fingerprint density at radius 3 is 2.56 bits per heavy atom. The molecule has 1 aromatic carbocycles. The number of aromatic nitrogens is 3. The summed E-state index contributed by atoms with van der Waals surface area (Å²) in [6, 6.07) is 5.85. The second-order valence-corrected chi connectivity index (χ2v) is 3.83. The summed E-state index contributed by atoms with van der Waals surface area (Å²) in [6.45, 7) is 0. The number of nitrogens with two attached hydrogens (primary N) is 1. The number of methoxy groups -OCH3 is 2. The van der Waals surface area contributed by atoms with Crippen LogP contribution in [-0.2, 0) is 12.8 Å². The van der Waals surface area contributed by atoms with Crippen molar-refractivity contribution in [3.05, 3.63) is 29.6 Å². The molecule has 0 saturated heterocycles. The highest BCUT2D eigenvalue weighted by atomic mass is 16.5. The number of hydrogen-bond donors (Lipinski definition) is 2. The lowest BCUT2D eigenvalue weighted by Gasteiger charge is -2.09. The molecule has 1 aromatic heterocycles. The molecule has 1 heterocycles. The SMILES string of the molecule is COc1ccc(CCc2nc(N)n[nH]2)cc1OC. The van der Waals surface area contributed by atoms with E-state index in [4.69, 9.17) is 15.2 Å². The van der Waals surface area contributed by atoms with Gasteiger partial charge in [-0.2, -0.15) is 4.98 Å². The number of aryl methyl sites for hydroxylation is 2. The van der Waals surface area contributed by atoms with Gasteiger partial charge < -0.3 is 15.2 Å². The van der Waals surface area contributed by atoms with Crippen LogP contribution in [-0.4, -0.2) is 29.4 Å². The number of ether oxygens (including phenoxy) is 2. The number of benzene rings is 1. The zero-order valence-corrected chi connectivity index (χ0v) is 10.4. The molecule has 0 fully saturated rings. The highest BCUT2D eigenvalue weighted by Gasteiger charge is 2.06. The molecule has 18 heavy (non-hydrogen) atoms. The van der Waals surface area contributed by atoms with Crippen molar-refractivity contribution >= 4 is 5.95 Å². The maximum atomic E-state index is 5.44. The molecule has 0 aliphatic rings. The first-order valence-electron chi connectivity index (χ1n) is 5.60. The molecule has 6 heteroatoms. The summed E-state index contributed by atoms with van der Waals surface area (Å²) >= 11 is 0. The molecule has 0 atom stereocenters. The van der Waals surface area contributed by atoms with Crippen LogP contribution in [0.15, 0.2) is 18.2 Å². The highest BCUT2D eigenvalue weighted by Crippen LogP contribution is 2.27. The van der Waals surface area contributed by atoms with E-state index in [0.717, 1.165) is 35.7 Å². The molecule has 0 radical (unpaired) electrons. The Morgan fingerprint density at radius 1 is 1.17 bits per heavy atom. The lowest BCUT2D eigenvalue weighted by molar-refractivity contribution is 0.354. The molecule has 3 N–H and O–H groups in total. The summed E-state index contributed by atoms with van der Waals surface area (Å²) in [5, 5.41) is 6.57. The summed E-state index contributed by atoms with van der Waals surface area (Å²) in [4.78, 5) is 4.06. The van der Waals surface area contributed by atoms with Gasteiger partial charge in [-0.3, -0.25) is 5.10 Å². The minimum atomic E-state index is 0.275. The summed E-state index contributed by atoms with van der Waals surface area (Å²) in [5.41, 5.74) is 6.58. The summed E-state index contributed by atoms with van der Waals surface area (Å²) in [7, 11) is 3.24. The van der Waals surface area contributed by atoms with E-state index in [9.17, 15) is 0 Å². The Hall–Kier alpha value is -2.24. The predicted molar refractivity (Wildman–Crippen MR) is 67.7 cm³/mol. The lowest BCUT2D eigenvalue weighted by Crippen LogP contribution is -1.96. The van der Waals surface area contributed by atoms with Gasteiger partial charge in [0, 0.05) is 6.42 Å². The largest absolute Gasteiger partial charge is 0.493 e. The second-order valence-electron chi connectivity index (χ2n) is 3.83. The first-order chi connectivity index (χ1) is 8.72. The van der Waals surface area contributed by atoms with Gasteiger partial charge in [0.1, 0.15) is 5.82 Å². The van der Waals surface area contributed by atoms with Crippen LogP contribution in [0.5, 0.6) is 11.5 Å². The Morgan fingerprint density at radius 2 is 1.94 bits per heavy atom. The smallest absolute Gasteiger partial charge is 0.239 e. The van der Waals surface area contributed by atoms with E-state index < -0.39 is 0 Å². The first kappa shape index (κ1) is 12.2. The molecule has 0 unspecified atom stereocenters. The standard InChI is InChI=1S/C12H16N4O2/c1-17-9-5-3-8(7-10(9)18-2)4-6-11-14-12(13)16-15-11/h3,5,7H,4,6H2,1-2H3,(H3,13,14,15,16). The molecule has 0 amide bonds. The zero-order valence-electron chi connectivity index (χ0n) is 10.4. The van der Waals surface area contributed by atoms with E-state index in [-0.39, 0.29) is 5.95 Å². The van der Waals surface area contributed by atoms with Gasteiger partial charge in [-0.1, -0.05) is 6.07 Å². The van der Waals surface area contributed by atoms with E-state index in [1.807, 2.05) is 18.2 Å². The number of nitrogens with zero attached hydrogens (tertiary/aromatic N) is 2. The van der Waals surface area contributed by atoms with Gasteiger partial charge in [-0.25, -0.2) is 0 Å². The third-order valence-electron chi connectivity index (χ3n) is 2.65. The van der Waals surface area contributed by atoms with Crippen LogP contribution in [0.4, 0.5) is 5.95 Å². The van der Waals surface area contributed by atoms with Crippen molar-refractivity contribution in [1.29, 1.82) is 0 Å². The number of rotatable bonds is 5. The quantitative estimate of drug-likeness (QED) is 0.830. The predicted octanol–water partition coefficient (Wildman–Crippen LogP) is 1.19.